The highest BCUT2D eigenvalue weighted by Crippen LogP contribution is 2.35. The molecule has 2 rings (SSSR count). The van der Waals surface area contributed by atoms with Crippen molar-refractivity contribution in [3.63, 3.8) is 0 Å². The number of methoxy groups -OCH3 is 1. The molecule has 1 fully saturated rings. The first-order valence-corrected chi connectivity index (χ1v) is 7.72. The molecular formula is C15H19BrF3NO. The van der Waals surface area contributed by atoms with Crippen LogP contribution in [0.25, 0.3) is 0 Å². The third kappa shape index (κ3) is 4.13. The van der Waals surface area contributed by atoms with Crippen molar-refractivity contribution in [2.75, 3.05) is 20.2 Å². The number of ether oxygens (including phenoxy) is 1. The third-order valence-electron chi connectivity index (χ3n) is 3.96. The van der Waals surface area contributed by atoms with Crippen LogP contribution in [-0.4, -0.2) is 31.3 Å². The summed E-state index contributed by atoms with van der Waals surface area (Å²) in [5, 5.41) is 0. The molecule has 1 aromatic rings. The van der Waals surface area contributed by atoms with Gasteiger partial charge < -0.3 is 4.74 Å². The van der Waals surface area contributed by atoms with Crippen LogP contribution in [0.4, 0.5) is 13.2 Å². The number of likely N-dealkylation sites (tertiary alicyclic amines) is 1. The summed E-state index contributed by atoms with van der Waals surface area (Å²) in [4.78, 5) is 2.06. The predicted octanol–water partition coefficient (Wildman–Crippen LogP) is 4.54. The molecule has 1 aromatic carbocycles. The zero-order chi connectivity index (χ0) is 15.6. The van der Waals surface area contributed by atoms with E-state index in [2.05, 4.69) is 20.8 Å². The Balaban J connectivity index is 2.04. The molecular weight excluding hydrogens is 347 g/mol. The van der Waals surface area contributed by atoms with Crippen LogP contribution < -0.4 is 4.74 Å². The number of hydrogen-bond donors (Lipinski definition) is 0. The number of alkyl halides is 3. The summed E-state index contributed by atoms with van der Waals surface area (Å²) in [7, 11) is 1.62. The Labute approximate surface area is 131 Å². The average molecular weight is 366 g/mol. The van der Waals surface area contributed by atoms with E-state index < -0.39 is 12.1 Å². The molecule has 0 spiro atoms. The molecule has 0 N–H and O–H groups in total. The number of halogens is 4. The molecule has 0 radical (unpaired) electrons. The van der Waals surface area contributed by atoms with Gasteiger partial charge in [-0.1, -0.05) is 15.9 Å². The van der Waals surface area contributed by atoms with Crippen LogP contribution >= 0.6 is 15.9 Å². The van der Waals surface area contributed by atoms with Crippen molar-refractivity contribution in [2.24, 2.45) is 5.92 Å². The Morgan fingerprint density at radius 2 is 1.90 bits per heavy atom. The van der Waals surface area contributed by atoms with Crippen molar-refractivity contribution in [1.29, 1.82) is 0 Å². The largest absolute Gasteiger partial charge is 0.496 e. The highest BCUT2D eigenvalue weighted by Gasteiger charge is 2.41. The molecule has 21 heavy (non-hydrogen) atoms. The lowest BCUT2D eigenvalue weighted by Gasteiger charge is -2.33. The lowest BCUT2D eigenvalue weighted by Crippen LogP contribution is -2.38. The van der Waals surface area contributed by atoms with Crippen molar-refractivity contribution in [1.82, 2.24) is 4.90 Å². The number of nitrogens with zero attached hydrogens (tertiary/aromatic N) is 1. The number of hydrogen-bond acceptors (Lipinski definition) is 2. The van der Waals surface area contributed by atoms with Gasteiger partial charge in [-0.3, -0.25) is 4.90 Å². The third-order valence-corrected chi connectivity index (χ3v) is 4.42. The van der Waals surface area contributed by atoms with E-state index in [-0.39, 0.29) is 12.8 Å². The first kappa shape index (κ1) is 16.6. The standard InChI is InChI=1S/C15H19BrF3NO/c1-10-7-13(16)8-11(14(10)21-2)9-20-5-3-12(4-6-20)15(17,18)19/h7-8,12H,3-6,9H2,1-2H3. The van der Waals surface area contributed by atoms with Crippen molar-refractivity contribution in [3.8, 4) is 5.75 Å². The second-order valence-electron chi connectivity index (χ2n) is 5.51. The zero-order valence-corrected chi connectivity index (χ0v) is 13.7. The van der Waals surface area contributed by atoms with Crippen LogP contribution in [-0.2, 0) is 6.54 Å². The molecule has 1 heterocycles. The van der Waals surface area contributed by atoms with E-state index in [9.17, 15) is 13.2 Å². The molecule has 2 nitrogen and oxygen atoms in total. The number of piperidine rings is 1. The van der Waals surface area contributed by atoms with E-state index in [0.29, 0.717) is 19.6 Å². The van der Waals surface area contributed by atoms with Crippen LogP contribution in [0.5, 0.6) is 5.75 Å². The lowest BCUT2D eigenvalue weighted by atomic mass is 9.96. The van der Waals surface area contributed by atoms with Gasteiger partial charge in [0.05, 0.1) is 13.0 Å². The number of aryl methyl sites for hydroxylation is 1. The molecule has 1 aliphatic rings. The van der Waals surface area contributed by atoms with E-state index in [4.69, 9.17) is 4.74 Å². The minimum Gasteiger partial charge on any atom is -0.496 e. The van der Waals surface area contributed by atoms with Crippen molar-refractivity contribution < 1.29 is 17.9 Å². The fraction of sp³-hybridized carbons (Fsp3) is 0.600. The Morgan fingerprint density at radius 1 is 1.29 bits per heavy atom. The fourth-order valence-electron chi connectivity index (χ4n) is 2.87. The molecule has 0 aliphatic carbocycles. The summed E-state index contributed by atoms with van der Waals surface area (Å²) in [5.74, 6) is -0.337. The predicted molar refractivity (Wildman–Crippen MR) is 79.5 cm³/mol. The van der Waals surface area contributed by atoms with Gasteiger partial charge in [-0.15, -0.1) is 0 Å². The van der Waals surface area contributed by atoms with Gasteiger partial charge >= 0.3 is 6.18 Å². The van der Waals surface area contributed by atoms with Gasteiger partial charge in [0.1, 0.15) is 5.75 Å². The van der Waals surface area contributed by atoms with E-state index in [1.807, 2.05) is 19.1 Å². The average Bonchev–Trinajstić information content (AvgIpc) is 2.38. The maximum atomic E-state index is 12.7. The molecule has 0 saturated carbocycles. The van der Waals surface area contributed by atoms with Crippen LogP contribution in [0, 0.1) is 12.8 Å². The van der Waals surface area contributed by atoms with E-state index in [1.54, 1.807) is 7.11 Å². The lowest BCUT2D eigenvalue weighted by molar-refractivity contribution is -0.185. The quantitative estimate of drug-likeness (QED) is 0.779. The molecule has 0 atom stereocenters. The van der Waals surface area contributed by atoms with Gasteiger partial charge in [-0.25, -0.2) is 0 Å². The highest BCUT2D eigenvalue weighted by atomic mass is 79.9. The summed E-state index contributed by atoms with van der Waals surface area (Å²) in [5.41, 5.74) is 2.03. The Hall–Kier alpha value is -0.750. The molecule has 0 bridgehead atoms. The van der Waals surface area contributed by atoms with Crippen molar-refractivity contribution >= 4 is 15.9 Å². The number of rotatable bonds is 3. The SMILES string of the molecule is COc1c(C)cc(Br)cc1CN1CCC(C(F)(F)F)CC1. The monoisotopic (exact) mass is 365 g/mol. The molecule has 0 aromatic heterocycles. The van der Waals surface area contributed by atoms with Gasteiger partial charge in [0.25, 0.3) is 0 Å². The van der Waals surface area contributed by atoms with Gasteiger partial charge in [0, 0.05) is 16.6 Å². The van der Waals surface area contributed by atoms with Crippen LogP contribution in [0.1, 0.15) is 24.0 Å². The second-order valence-corrected chi connectivity index (χ2v) is 6.42. The summed E-state index contributed by atoms with van der Waals surface area (Å²) >= 11 is 3.45. The van der Waals surface area contributed by atoms with Gasteiger partial charge in [-0.05, 0) is 50.6 Å². The van der Waals surface area contributed by atoms with Crippen LogP contribution in [0.2, 0.25) is 0 Å². The molecule has 6 heteroatoms. The van der Waals surface area contributed by atoms with Crippen molar-refractivity contribution in [3.05, 3.63) is 27.7 Å². The first-order chi connectivity index (χ1) is 9.81. The normalized spacial score (nSPS) is 18.0. The van der Waals surface area contributed by atoms with Crippen molar-refractivity contribution in [2.45, 2.75) is 32.5 Å². The van der Waals surface area contributed by atoms with Crippen LogP contribution in [0.15, 0.2) is 16.6 Å². The Kier molecular flexibility index (Phi) is 5.20. The van der Waals surface area contributed by atoms with E-state index >= 15 is 0 Å². The van der Waals surface area contributed by atoms with E-state index in [0.717, 1.165) is 21.3 Å². The summed E-state index contributed by atoms with van der Waals surface area (Å²) in [6.07, 6.45) is -3.70. The van der Waals surface area contributed by atoms with Gasteiger partial charge in [0.2, 0.25) is 0 Å². The fourth-order valence-corrected chi connectivity index (χ4v) is 3.49. The molecule has 118 valence electrons. The summed E-state index contributed by atoms with van der Waals surface area (Å²) in [6.45, 7) is 3.52. The summed E-state index contributed by atoms with van der Waals surface area (Å²) in [6, 6.07) is 3.94. The maximum absolute atomic E-state index is 12.7. The first-order valence-electron chi connectivity index (χ1n) is 6.93. The molecule has 1 saturated heterocycles. The zero-order valence-electron chi connectivity index (χ0n) is 12.1. The van der Waals surface area contributed by atoms with Crippen LogP contribution in [0.3, 0.4) is 0 Å². The second kappa shape index (κ2) is 6.57. The topological polar surface area (TPSA) is 12.5 Å². The minimum absolute atomic E-state index is 0.179. The Bertz CT molecular complexity index is 496. The molecule has 0 unspecified atom stereocenters. The maximum Gasteiger partial charge on any atom is 0.391 e. The van der Waals surface area contributed by atoms with Gasteiger partial charge in [-0.2, -0.15) is 13.2 Å². The van der Waals surface area contributed by atoms with E-state index in [1.165, 1.54) is 0 Å². The molecule has 0 amide bonds. The number of benzene rings is 1. The molecule has 1 aliphatic heterocycles. The smallest absolute Gasteiger partial charge is 0.391 e. The highest BCUT2D eigenvalue weighted by molar-refractivity contribution is 9.10. The summed E-state index contributed by atoms with van der Waals surface area (Å²) < 4.78 is 44.4. The minimum atomic E-state index is -4.06. The van der Waals surface area contributed by atoms with Gasteiger partial charge in [0.15, 0.2) is 0 Å². The Morgan fingerprint density at radius 3 is 2.43 bits per heavy atom.